The SMILES string of the molecule is Cn1nc(Br)nc1Sc1ccccc1NC(=O)C(C)(C)C. The van der Waals surface area contributed by atoms with E-state index in [1.54, 1.807) is 4.68 Å². The Morgan fingerprint density at radius 2 is 2.00 bits per heavy atom. The molecule has 0 radical (unpaired) electrons. The number of aromatic nitrogens is 3. The average Bonchev–Trinajstić information content (AvgIpc) is 2.69. The molecule has 1 amide bonds. The predicted octanol–water partition coefficient (Wildman–Crippen LogP) is 3.71. The maximum absolute atomic E-state index is 12.1. The molecular weight excluding hydrogens is 352 g/mol. The quantitative estimate of drug-likeness (QED) is 0.896. The number of hydrogen-bond acceptors (Lipinski definition) is 4. The van der Waals surface area contributed by atoms with E-state index < -0.39 is 5.41 Å². The minimum atomic E-state index is -0.439. The second kappa shape index (κ2) is 6.19. The topological polar surface area (TPSA) is 59.8 Å². The van der Waals surface area contributed by atoms with Gasteiger partial charge in [-0.05, 0) is 39.8 Å². The van der Waals surface area contributed by atoms with Gasteiger partial charge in [-0.25, -0.2) is 4.68 Å². The Labute approximate surface area is 136 Å². The summed E-state index contributed by atoms with van der Waals surface area (Å²) in [5.41, 5.74) is 0.340. The van der Waals surface area contributed by atoms with Gasteiger partial charge in [-0.15, -0.1) is 5.10 Å². The number of para-hydroxylation sites is 1. The van der Waals surface area contributed by atoms with Gasteiger partial charge in [0.05, 0.1) is 5.69 Å². The monoisotopic (exact) mass is 368 g/mol. The molecular formula is C14H17BrN4OS. The summed E-state index contributed by atoms with van der Waals surface area (Å²) in [6.45, 7) is 5.66. The number of carbonyl (C=O) groups is 1. The number of hydrogen-bond donors (Lipinski definition) is 1. The van der Waals surface area contributed by atoms with Gasteiger partial charge in [0.25, 0.3) is 0 Å². The fourth-order valence-electron chi connectivity index (χ4n) is 1.50. The Hall–Kier alpha value is -1.34. The molecule has 21 heavy (non-hydrogen) atoms. The highest BCUT2D eigenvalue weighted by Crippen LogP contribution is 2.33. The standard InChI is InChI=1S/C14H17BrN4OS/c1-14(2,3)11(20)16-9-7-5-6-8-10(9)21-13-17-12(15)18-19(13)4/h5-8H,1-4H3,(H,16,20). The molecule has 2 aromatic rings. The Bertz CT molecular complexity index is 663. The van der Waals surface area contributed by atoms with Crippen molar-refractivity contribution in [3.8, 4) is 0 Å². The number of carbonyl (C=O) groups excluding carboxylic acids is 1. The summed E-state index contributed by atoms with van der Waals surface area (Å²) in [6.07, 6.45) is 0. The molecule has 0 unspecified atom stereocenters. The van der Waals surface area contributed by atoms with Gasteiger partial charge in [0.15, 0.2) is 5.16 Å². The zero-order chi connectivity index (χ0) is 15.6. The summed E-state index contributed by atoms with van der Waals surface area (Å²) in [4.78, 5) is 17.4. The van der Waals surface area contributed by atoms with Gasteiger partial charge in [0.1, 0.15) is 0 Å². The molecule has 5 nitrogen and oxygen atoms in total. The molecule has 0 aliphatic rings. The van der Waals surface area contributed by atoms with Gasteiger partial charge < -0.3 is 5.32 Å². The van der Waals surface area contributed by atoms with Crippen molar-refractivity contribution in [3.05, 3.63) is 29.0 Å². The third kappa shape index (κ3) is 4.07. The number of nitrogens with zero attached hydrogens (tertiary/aromatic N) is 3. The second-order valence-corrected chi connectivity index (χ2v) is 7.31. The summed E-state index contributed by atoms with van der Waals surface area (Å²) < 4.78 is 2.24. The molecule has 1 N–H and O–H groups in total. The first-order chi connectivity index (χ1) is 9.77. The van der Waals surface area contributed by atoms with Gasteiger partial charge in [0, 0.05) is 17.4 Å². The fourth-order valence-corrected chi connectivity index (χ4v) is 2.90. The molecule has 2 rings (SSSR count). The fraction of sp³-hybridized carbons (Fsp3) is 0.357. The van der Waals surface area contributed by atoms with Gasteiger partial charge in [-0.2, -0.15) is 4.98 Å². The molecule has 0 spiro atoms. The van der Waals surface area contributed by atoms with Crippen molar-refractivity contribution in [1.29, 1.82) is 0 Å². The summed E-state index contributed by atoms with van der Waals surface area (Å²) in [6, 6.07) is 7.67. The van der Waals surface area contributed by atoms with Gasteiger partial charge in [0.2, 0.25) is 10.6 Å². The molecule has 0 saturated heterocycles. The highest BCUT2D eigenvalue weighted by Gasteiger charge is 2.22. The van der Waals surface area contributed by atoms with Crippen LogP contribution in [0.3, 0.4) is 0 Å². The Kier molecular flexibility index (Phi) is 4.73. The van der Waals surface area contributed by atoms with Crippen molar-refractivity contribution in [2.75, 3.05) is 5.32 Å². The van der Waals surface area contributed by atoms with Gasteiger partial charge in [-0.3, -0.25) is 4.79 Å². The third-order valence-corrected chi connectivity index (χ3v) is 4.16. The van der Waals surface area contributed by atoms with Crippen molar-refractivity contribution in [3.63, 3.8) is 0 Å². The van der Waals surface area contributed by atoms with Crippen molar-refractivity contribution in [2.45, 2.75) is 30.8 Å². The van der Waals surface area contributed by atoms with Crippen LogP contribution in [0.1, 0.15) is 20.8 Å². The summed E-state index contributed by atoms with van der Waals surface area (Å²) >= 11 is 4.71. The molecule has 0 bridgehead atoms. The maximum atomic E-state index is 12.1. The minimum absolute atomic E-state index is 0.0188. The summed E-state index contributed by atoms with van der Waals surface area (Å²) in [5, 5.41) is 7.87. The first-order valence-corrected chi connectivity index (χ1v) is 8.03. The summed E-state index contributed by atoms with van der Waals surface area (Å²) in [5.74, 6) is -0.0188. The number of aryl methyl sites for hydroxylation is 1. The van der Waals surface area contributed by atoms with Crippen LogP contribution in [0.5, 0.6) is 0 Å². The molecule has 0 saturated carbocycles. The number of benzene rings is 1. The lowest BCUT2D eigenvalue weighted by Crippen LogP contribution is -2.27. The maximum Gasteiger partial charge on any atom is 0.229 e. The van der Waals surface area contributed by atoms with Crippen molar-refractivity contribution >= 4 is 39.3 Å². The highest BCUT2D eigenvalue weighted by atomic mass is 79.9. The van der Waals surface area contributed by atoms with Crippen LogP contribution in [-0.4, -0.2) is 20.7 Å². The van der Waals surface area contributed by atoms with Crippen LogP contribution in [0.2, 0.25) is 0 Å². The molecule has 1 aromatic heterocycles. The number of anilines is 1. The van der Waals surface area contributed by atoms with Gasteiger partial charge in [-0.1, -0.05) is 32.9 Å². The number of amides is 1. The first kappa shape index (κ1) is 16.0. The van der Waals surface area contributed by atoms with E-state index >= 15 is 0 Å². The number of nitrogens with one attached hydrogen (secondary N) is 1. The van der Waals surface area contributed by atoms with Crippen LogP contribution >= 0.6 is 27.7 Å². The lowest BCUT2D eigenvalue weighted by molar-refractivity contribution is -0.123. The minimum Gasteiger partial charge on any atom is -0.325 e. The Morgan fingerprint density at radius 3 is 2.57 bits per heavy atom. The van der Waals surface area contributed by atoms with E-state index in [-0.39, 0.29) is 5.91 Å². The molecule has 112 valence electrons. The van der Waals surface area contributed by atoms with Crippen LogP contribution < -0.4 is 5.32 Å². The molecule has 0 fully saturated rings. The Balaban J connectivity index is 2.25. The van der Waals surface area contributed by atoms with Crippen LogP contribution in [-0.2, 0) is 11.8 Å². The molecule has 7 heteroatoms. The molecule has 0 aliphatic carbocycles. The van der Waals surface area contributed by atoms with E-state index in [9.17, 15) is 4.79 Å². The van der Waals surface area contributed by atoms with Crippen LogP contribution in [0.25, 0.3) is 0 Å². The van der Waals surface area contributed by atoms with E-state index in [4.69, 9.17) is 0 Å². The first-order valence-electron chi connectivity index (χ1n) is 6.42. The smallest absolute Gasteiger partial charge is 0.229 e. The highest BCUT2D eigenvalue weighted by molar-refractivity contribution is 9.10. The number of rotatable bonds is 3. The summed E-state index contributed by atoms with van der Waals surface area (Å²) in [7, 11) is 1.83. The molecule has 0 atom stereocenters. The normalized spacial score (nSPS) is 11.5. The van der Waals surface area contributed by atoms with Crippen LogP contribution in [0, 0.1) is 5.41 Å². The van der Waals surface area contributed by atoms with E-state index in [0.29, 0.717) is 4.73 Å². The number of halogens is 1. The van der Waals surface area contributed by atoms with Gasteiger partial charge >= 0.3 is 0 Å². The lowest BCUT2D eigenvalue weighted by Gasteiger charge is -2.19. The van der Waals surface area contributed by atoms with E-state index in [2.05, 4.69) is 31.3 Å². The van der Waals surface area contributed by atoms with Crippen LogP contribution in [0.15, 0.2) is 39.1 Å². The second-order valence-electron chi connectivity index (χ2n) is 5.59. The van der Waals surface area contributed by atoms with Crippen molar-refractivity contribution < 1.29 is 4.79 Å². The van der Waals surface area contributed by atoms with E-state index in [1.165, 1.54) is 11.8 Å². The lowest BCUT2D eigenvalue weighted by atomic mass is 9.95. The van der Waals surface area contributed by atoms with Crippen molar-refractivity contribution in [2.24, 2.45) is 12.5 Å². The van der Waals surface area contributed by atoms with E-state index in [1.807, 2.05) is 52.1 Å². The predicted molar refractivity (Wildman–Crippen MR) is 87.4 cm³/mol. The zero-order valence-corrected chi connectivity index (χ0v) is 14.7. The largest absolute Gasteiger partial charge is 0.325 e. The molecule has 1 aromatic carbocycles. The van der Waals surface area contributed by atoms with Crippen LogP contribution in [0.4, 0.5) is 5.69 Å². The average molecular weight is 369 g/mol. The molecule has 0 aliphatic heterocycles. The third-order valence-electron chi connectivity index (χ3n) is 2.71. The molecule has 1 heterocycles. The van der Waals surface area contributed by atoms with Crippen molar-refractivity contribution in [1.82, 2.24) is 14.8 Å². The van der Waals surface area contributed by atoms with E-state index in [0.717, 1.165) is 15.7 Å². The Morgan fingerprint density at radius 1 is 1.33 bits per heavy atom. The zero-order valence-electron chi connectivity index (χ0n) is 12.3.